The third-order valence-corrected chi connectivity index (χ3v) is 3.70. The molecule has 17 heavy (non-hydrogen) atoms. The van der Waals surface area contributed by atoms with E-state index in [-0.39, 0.29) is 5.41 Å². The van der Waals surface area contributed by atoms with Crippen LogP contribution < -0.4 is 5.73 Å². The maximum Gasteiger partial charge on any atom is 0.140 e. The van der Waals surface area contributed by atoms with Gasteiger partial charge in [-0.2, -0.15) is 0 Å². The van der Waals surface area contributed by atoms with Crippen LogP contribution in [0, 0.1) is 6.92 Å². The van der Waals surface area contributed by atoms with Crippen molar-refractivity contribution in [1.82, 2.24) is 14.8 Å². The zero-order valence-electron chi connectivity index (χ0n) is 10.8. The number of nitrogens with zero attached hydrogens (tertiary/aromatic N) is 3. The number of hydrogen-bond acceptors (Lipinski definition) is 4. The Morgan fingerprint density at radius 1 is 1.35 bits per heavy atom. The lowest BCUT2D eigenvalue weighted by Crippen LogP contribution is -2.43. The lowest BCUT2D eigenvalue weighted by molar-refractivity contribution is 0.0485. The van der Waals surface area contributed by atoms with E-state index >= 15 is 0 Å². The predicted octanol–water partition coefficient (Wildman–Crippen LogP) is 1.00. The predicted molar refractivity (Wildman–Crippen MR) is 65.8 cm³/mol. The van der Waals surface area contributed by atoms with Crippen molar-refractivity contribution in [2.75, 3.05) is 19.8 Å². The summed E-state index contributed by atoms with van der Waals surface area (Å²) in [6.07, 6.45) is 2.99. The summed E-state index contributed by atoms with van der Waals surface area (Å²) in [5.41, 5.74) is 5.97. The molecule has 5 heteroatoms. The highest BCUT2D eigenvalue weighted by Gasteiger charge is 2.37. The zero-order valence-corrected chi connectivity index (χ0v) is 10.8. The second kappa shape index (κ2) is 5.14. The van der Waals surface area contributed by atoms with Crippen LogP contribution in [0.2, 0.25) is 0 Å². The van der Waals surface area contributed by atoms with Crippen LogP contribution in [0.4, 0.5) is 0 Å². The summed E-state index contributed by atoms with van der Waals surface area (Å²) in [4.78, 5) is 0. The van der Waals surface area contributed by atoms with Gasteiger partial charge in [0.25, 0.3) is 0 Å². The summed E-state index contributed by atoms with van der Waals surface area (Å²) in [5.74, 6) is 2.05. The normalized spacial score (nSPS) is 19.5. The van der Waals surface area contributed by atoms with Gasteiger partial charge in [-0.1, -0.05) is 6.92 Å². The molecule has 0 aliphatic carbocycles. The van der Waals surface area contributed by atoms with Crippen molar-refractivity contribution in [2.24, 2.45) is 5.73 Å². The summed E-state index contributed by atoms with van der Waals surface area (Å²) in [6, 6.07) is 0. The number of hydrogen-bond donors (Lipinski definition) is 1. The van der Waals surface area contributed by atoms with Gasteiger partial charge in [0.05, 0.1) is 0 Å². The molecule has 0 spiro atoms. The minimum Gasteiger partial charge on any atom is -0.381 e. The number of nitrogens with two attached hydrogens (primary N) is 1. The molecule has 2 rings (SSSR count). The molecule has 96 valence electrons. The van der Waals surface area contributed by atoms with E-state index in [0.717, 1.165) is 50.7 Å². The minimum absolute atomic E-state index is 0.0331. The van der Waals surface area contributed by atoms with Gasteiger partial charge in [0.1, 0.15) is 11.6 Å². The second-order valence-electron chi connectivity index (χ2n) is 4.82. The fourth-order valence-corrected chi connectivity index (χ4v) is 2.55. The molecule has 1 fully saturated rings. The lowest BCUT2D eigenvalue weighted by atomic mass is 9.79. The highest BCUT2D eigenvalue weighted by Crippen LogP contribution is 2.33. The minimum atomic E-state index is -0.0331. The number of aryl methyl sites for hydroxylation is 1. The number of rotatable bonds is 4. The van der Waals surface area contributed by atoms with Gasteiger partial charge in [0.2, 0.25) is 0 Å². The molecule has 0 unspecified atom stereocenters. The maximum absolute atomic E-state index is 6.01. The SMILES string of the molecule is CCCn1c(C)nnc1C1(CN)CCOCC1. The molecular formula is C12H22N4O. The first-order valence-corrected chi connectivity index (χ1v) is 6.41. The zero-order chi connectivity index (χ0) is 12.3. The Hall–Kier alpha value is -0.940. The largest absolute Gasteiger partial charge is 0.381 e. The molecule has 0 saturated carbocycles. The van der Waals surface area contributed by atoms with Gasteiger partial charge >= 0.3 is 0 Å². The van der Waals surface area contributed by atoms with Crippen molar-refractivity contribution in [3.63, 3.8) is 0 Å². The molecule has 1 saturated heterocycles. The van der Waals surface area contributed by atoms with Crippen LogP contribution in [0.5, 0.6) is 0 Å². The van der Waals surface area contributed by atoms with Crippen molar-refractivity contribution in [3.8, 4) is 0 Å². The van der Waals surface area contributed by atoms with Crippen LogP contribution in [0.15, 0.2) is 0 Å². The third kappa shape index (κ3) is 2.21. The molecule has 1 aromatic rings. The maximum atomic E-state index is 6.01. The van der Waals surface area contributed by atoms with E-state index in [1.165, 1.54) is 0 Å². The van der Waals surface area contributed by atoms with Gasteiger partial charge in [0, 0.05) is 31.7 Å². The van der Waals surface area contributed by atoms with Crippen LogP contribution in [0.25, 0.3) is 0 Å². The topological polar surface area (TPSA) is 66.0 Å². The average Bonchev–Trinajstić information content (AvgIpc) is 2.73. The van der Waals surface area contributed by atoms with Crippen molar-refractivity contribution in [3.05, 3.63) is 11.6 Å². The molecule has 0 aromatic carbocycles. The van der Waals surface area contributed by atoms with Gasteiger partial charge in [-0.25, -0.2) is 0 Å². The fraction of sp³-hybridized carbons (Fsp3) is 0.833. The summed E-state index contributed by atoms with van der Waals surface area (Å²) in [6.45, 7) is 7.32. The van der Waals surface area contributed by atoms with E-state index in [9.17, 15) is 0 Å². The summed E-state index contributed by atoms with van der Waals surface area (Å²) >= 11 is 0. The van der Waals surface area contributed by atoms with Crippen LogP contribution in [0.3, 0.4) is 0 Å². The lowest BCUT2D eigenvalue weighted by Gasteiger charge is -2.35. The van der Waals surface area contributed by atoms with Crippen molar-refractivity contribution in [1.29, 1.82) is 0 Å². The molecule has 5 nitrogen and oxygen atoms in total. The molecule has 0 atom stereocenters. The quantitative estimate of drug-likeness (QED) is 0.850. The van der Waals surface area contributed by atoms with Gasteiger partial charge < -0.3 is 15.0 Å². The van der Waals surface area contributed by atoms with E-state index in [1.807, 2.05) is 6.92 Å². The third-order valence-electron chi connectivity index (χ3n) is 3.70. The molecule has 0 radical (unpaired) electrons. The van der Waals surface area contributed by atoms with E-state index in [2.05, 4.69) is 21.7 Å². The monoisotopic (exact) mass is 238 g/mol. The molecule has 1 aliphatic rings. The molecule has 1 aliphatic heterocycles. The highest BCUT2D eigenvalue weighted by molar-refractivity contribution is 5.12. The van der Waals surface area contributed by atoms with Gasteiger partial charge in [-0.3, -0.25) is 0 Å². The Balaban J connectivity index is 2.35. The molecule has 2 N–H and O–H groups in total. The van der Waals surface area contributed by atoms with E-state index in [0.29, 0.717) is 6.54 Å². The van der Waals surface area contributed by atoms with Crippen LogP contribution >= 0.6 is 0 Å². The first kappa shape index (κ1) is 12.5. The standard InChI is InChI=1S/C12H22N4O/c1-3-6-16-10(2)14-15-11(16)12(9-13)4-7-17-8-5-12/h3-9,13H2,1-2H3. The molecule has 2 heterocycles. The fourth-order valence-electron chi connectivity index (χ4n) is 2.55. The van der Waals surface area contributed by atoms with Crippen LogP contribution in [0.1, 0.15) is 37.8 Å². The van der Waals surface area contributed by atoms with Gasteiger partial charge in [0.15, 0.2) is 0 Å². The summed E-state index contributed by atoms with van der Waals surface area (Å²) in [5, 5.41) is 8.60. The smallest absolute Gasteiger partial charge is 0.140 e. The molecule has 0 amide bonds. The van der Waals surface area contributed by atoms with Crippen LogP contribution in [-0.2, 0) is 16.7 Å². The Morgan fingerprint density at radius 2 is 2.06 bits per heavy atom. The Bertz CT molecular complexity index is 369. The van der Waals surface area contributed by atoms with Crippen molar-refractivity contribution in [2.45, 2.75) is 45.1 Å². The highest BCUT2D eigenvalue weighted by atomic mass is 16.5. The van der Waals surface area contributed by atoms with Crippen molar-refractivity contribution < 1.29 is 4.74 Å². The molecule has 1 aromatic heterocycles. The first-order valence-electron chi connectivity index (χ1n) is 6.41. The van der Waals surface area contributed by atoms with Gasteiger partial charge in [-0.15, -0.1) is 10.2 Å². The number of ether oxygens (including phenoxy) is 1. The second-order valence-corrected chi connectivity index (χ2v) is 4.82. The van der Waals surface area contributed by atoms with E-state index < -0.39 is 0 Å². The van der Waals surface area contributed by atoms with Gasteiger partial charge in [-0.05, 0) is 26.2 Å². The average molecular weight is 238 g/mol. The van der Waals surface area contributed by atoms with E-state index in [1.54, 1.807) is 0 Å². The Kier molecular flexibility index (Phi) is 3.79. The Morgan fingerprint density at radius 3 is 2.65 bits per heavy atom. The first-order chi connectivity index (χ1) is 8.23. The molecular weight excluding hydrogens is 216 g/mol. The van der Waals surface area contributed by atoms with Crippen LogP contribution in [-0.4, -0.2) is 34.5 Å². The molecule has 0 bridgehead atoms. The van der Waals surface area contributed by atoms with Crippen molar-refractivity contribution >= 4 is 0 Å². The van der Waals surface area contributed by atoms with E-state index in [4.69, 9.17) is 10.5 Å². The Labute approximate surface area is 102 Å². The summed E-state index contributed by atoms with van der Waals surface area (Å²) < 4.78 is 7.66. The number of aromatic nitrogens is 3. The summed E-state index contributed by atoms with van der Waals surface area (Å²) in [7, 11) is 0.